The maximum atomic E-state index is 13.7. The van der Waals surface area contributed by atoms with Gasteiger partial charge in [0.05, 0.1) is 5.70 Å². The van der Waals surface area contributed by atoms with Crippen molar-refractivity contribution < 1.29 is 26.3 Å². The van der Waals surface area contributed by atoms with Gasteiger partial charge >= 0.3 is 6.18 Å². The molecule has 0 fully saturated rings. The molecule has 0 saturated carbocycles. The smallest absolute Gasteiger partial charge is 0.403 e. The lowest BCUT2D eigenvalue weighted by atomic mass is 10.2. The van der Waals surface area contributed by atoms with E-state index in [4.69, 9.17) is 5.73 Å². The molecule has 0 atom stereocenters. The van der Waals surface area contributed by atoms with Gasteiger partial charge in [0.15, 0.2) is 11.6 Å². The first kappa shape index (κ1) is 22.0. The minimum absolute atomic E-state index is 0.00213. The van der Waals surface area contributed by atoms with Gasteiger partial charge in [-0.25, -0.2) is 18.2 Å². The second kappa shape index (κ2) is 9.26. The van der Waals surface area contributed by atoms with Crippen LogP contribution in [0.2, 0.25) is 0 Å². The van der Waals surface area contributed by atoms with E-state index in [9.17, 15) is 26.3 Å². The quantitative estimate of drug-likeness (QED) is 0.363. The number of nitrogens with two attached hydrogens (primary N) is 1. The summed E-state index contributed by atoms with van der Waals surface area (Å²) in [5, 5.41) is 5.30. The van der Waals surface area contributed by atoms with Crippen molar-refractivity contribution in [2.45, 2.75) is 19.6 Å². The molecule has 156 valence electrons. The van der Waals surface area contributed by atoms with Crippen molar-refractivity contribution in [3.63, 3.8) is 0 Å². The molecule has 0 saturated heterocycles. The van der Waals surface area contributed by atoms with Gasteiger partial charge in [-0.15, -0.1) is 0 Å². The number of benzene rings is 1. The third-order valence-corrected chi connectivity index (χ3v) is 3.42. The first-order valence-corrected chi connectivity index (χ1v) is 8.05. The summed E-state index contributed by atoms with van der Waals surface area (Å²) in [5.41, 5.74) is 5.61. The second-order valence-corrected chi connectivity index (χ2v) is 5.77. The van der Waals surface area contributed by atoms with Crippen molar-refractivity contribution in [3.8, 4) is 0 Å². The van der Waals surface area contributed by atoms with Crippen molar-refractivity contribution in [3.05, 3.63) is 58.8 Å². The van der Waals surface area contributed by atoms with E-state index in [0.717, 1.165) is 18.5 Å². The number of rotatable bonds is 7. The molecule has 0 aliphatic heterocycles. The number of aliphatic imine (C=N–C) groups is 1. The highest BCUT2D eigenvalue weighted by molar-refractivity contribution is 5.82. The number of aromatic nitrogens is 2. The van der Waals surface area contributed by atoms with Crippen LogP contribution < -0.4 is 16.4 Å². The van der Waals surface area contributed by atoms with Crippen LogP contribution in [-0.4, -0.2) is 28.9 Å². The molecule has 0 bridgehead atoms. The van der Waals surface area contributed by atoms with Gasteiger partial charge in [-0.1, -0.05) is 0 Å². The molecule has 4 N–H and O–H groups in total. The van der Waals surface area contributed by atoms with E-state index < -0.39 is 30.2 Å². The Morgan fingerprint density at radius 3 is 2.62 bits per heavy atom. The molecule has 0 spiro atoms. The summed E-state index contributed by atoms with van der Waals surface area (Å²) in [4.78, 5) is 11.2. The van der Waals surface area contributed by atoms with Crippen LogP contribution in [0, 0.1) is 24.4 Å². The SMILES string of the molecule is Cc1cnc(N/C(C=NCC(F)(F)F)=C/N)nc1NCc1cc(F)cc(F)c1F. The lowest BCUT2D eigenvalue weighted by Crippen LogP contribution is -2.14. The maximum absolute atomic E-state index is 13.7. The van der Waals surface area contributed by atoms with Crippen molar-refractivity contribution in [1.82, 2.24) is 9.97 Å². The fraction of sp³-hybridized carbons (Fsp3) is 0.235. The number of alkyl halides is 3. The number of halogens is 6. The van der Waals surface area contributed by atoms with Crippen molar-refractivity contribution in [2.75, 3.05) is 17.2 Å². The minimum atomic E-state index is -4.46. The number of hydrogen-bond donors (Lipinski definition) is 3. The molecule has 0 aliphatic rings. The van der Waals surface area contributed by atoms with Gasteiger partial charge in [0.2, 0.25) is 5.95 Å². The number of nitrogens with one attached hydrogen (secondary N) is 2. The van der Waals surface area contributed by atoms with E-state index >= 15 is 0 Å². The highest BCUT2D eigenvalue weighted by Crippen LogP contribution is 2.18. The van der Waals surface area contributed by atoms with Crippen molar-refractivity contribution in [1.29, 1.82) is 0 Å². The third-order valence-electron chi connectivity index (χ3n) is 3.42. The van der Waals surface area contributed by atoms with E-state index in [1.165, 1.54) is 6.20 Å². The largest absolute Gasteiger partial charge is 0.407 e. The number of hydrogen-bond acceptors (Lipinski definition) is 6. The molecule has 29 heavy (non-hydrogen) atoms. The van der Waals surface area contributed by atoms with E-state index in [2.05, 4.69) is 25.6 Å². The zero-order valence-corrected chi connectivity index (χ0v) is 15.0. The molecular formula is C17H16F6N6. The summed E-state index contributed by atoms with van der Waals surface area (Å²) in [5.74, 6) is -3.29. The van der Waals surface area contributed by atoms with Crippen LogP contribution >= 0.6 is 0 Å². The highest BCUT2D eigenvalue weighted by atomic mass is 19.4. The summed E-state index contributed by atoms with van der Waals surface area (Å²) in [6.07, 6.45) is -1.24. The Hall–Kier alpha value is -3.31. The Morgan fingerprint density at radius 1 is 1.24 bits per heavy atom. The number of nitrogens with zero attached hydrogens (tertiary/aromatic N) is 3. The Labute approximate surface area is 161 Å². The minimum Gasteiger partial charge on any atom is -0.403 e. The number of aryl methyl sites for hydroxylation is 1. The van der Waals surface area contributed by atoms with Crippen LogP contribution in [0.4, 0.5) is 38.1 Å². The van der Waals surface area contributed by atoms with E-state index in [-0.39, 0.29) is 29.6 Å². The molecule has 1 aromatic carbocycles. The van der Waals surface area contributed by atoms with Crippen LogP contribution in [0.5, 0.6) is 0 Å². The van der Waals surface area contributed by atoms with Crippen molar-refractivity contribution >= 4 is 18.0 Å². The highest BCUT2D eigenvalue weighted by Gasteiger charge is 2.25. The lowest BCUT2D eigenvalue weighted by Gasteiger charge is -2.12. The molecule has 0 aliphatic carbocycles. The first-order chi connectivity index (χ1) is 13.6. The second-order valence-electron chi connectivity index (χ2n) is 5.77. The molecule has 12 heteroatoms. The number of allylic oxidation sites excluding steroid dienone is 1. The fourth-order valence-electron chi connectivity index (χ4n) is 2.09. The van der Waals surface area contributed by atoms with Gasteiger partial charge in [-0.05, 0) is 13.0 Å². The first-order valence-electron chi connectivity index (χ1n) is 8.05. The Morgan fingerprint density at radius 2 is 1.97 bits per heavy atom. The monoisotopic (exact) mass is 418 g/mol. The van der Waals surface area contributed by atoms with E-state index in [1.54, 1.807) is 6.92 Å². The average Bonchev–Trinajstić information content (AvgIpc) is 2.63. The molecule has 2 aromatic rings. The van der Waals surface area contributed by atoms with Crippen molar-refractivity contribution in [2.24, 2.45) is 10.7 Å². The molecule has 2 rings (SSSR count). The molecule has 0 unspecified atom stereocenters. The average molecular weight is 418 g/mol. The molecule has 1 heterocycles. The van der Waals surface area contributed by atoms with E-state index in [0.29, 0.717) is 11.6 Å². The van der Waals surface area contributed by atoms with Gasteiger partial charge in [0.1, 0.15) is 18.2 Å². The van der Waals surface area contributed by atoms with Crippen LogP contribution in [0.1, 0.15) is 11.1 Å². The molecule has 6 nitrogen and oxygen atoms in total. The molecule has 1 aromatic heterocycles. The standard InChI is InChI=1S/C17H16F6N6/c1-9-5-27-16(28-12(4-24)7-25-8-17(21,22)23)29-15(9)26-6-10-2-11(18)3-13(19)14(10)20/h2-5,7H,6,8,24H2,1H3,(H2,26,27,28,29)/b12-4+,25-7?. The van der Waals surface area contributed by atoms with E-state index in [1.807, 2.05) is 0 Å². The molecule has 0 amide bonds. The Balaban J connectivity index is 2.11. The molecular weight excluding hydrogens is 402 g/mol. The zero-order chi connectivity index (χ0) is 21.6. The lowest BCUT2D eigenvalue weighted by molar-refractivity contribution is -0.118. The van der Waals surface area contributed by atoms with Crippen LogP contribution in [0.3, 0.4) is 0 Å². The van der Waals surface area contributed by atoms with Gasteiger partial charge in [0, 0.05) is 42.3 Å². The predicted molar refractivity (Wildman–Crippen MR) is 95.7 cm³/mol. The van der Waals surface area contributed by atoms with Gasteiger partial charge in [-0.3, -0.25) is 4.99 Å². The summed E-state index contributed by atoms with van der Waals surface area (Å²) in [6.45, 7) is -0.0348. The zero-order valence-electron chi connectivity index (χ0n) is 15.0. The topological polar surface area (TPSA) is 88.2 Å². The number of anilines is 2. The van der Waals surface area contributed by atoms with Gasteiger partial charge in [-0.2, -0.15) is 18.2 Å². The van der Waals surface area contributed by atoms with Crippen LogP contribution in [0.25, 0.3) is 0 Å². The Bertz CT molecular complexity index is 925. The maximum Gasteiger partial charge on any atom is 0.407 e. The summed E-state index contributed by atoms with van der Waals surface area (Å²) >= 11 is 0. The normalized spacial score (nSPS) is 12.4. The van der Waals surface area contributed by atoms with Crippen LogP contribution in [-0.2, 0) is 6.54 Å². The summed E-state index contributed by atoms with van der Waals surface area (Å²) in [6, 6.07) is 1.27. The van der Waals surface area contributed by atoms with Gasteiger partial charge in [0.25, 0.3) is 0 Å². The summed E-state index contributed by atoms with van der Waals surface area (Å²) < 4.78 is 76.7. The fourth-order valence-corrected chi connectivity index (χ4v) is 2.09. The predicted octanol–water partition coefficient (Wildman–Crippen LogP) is 3.66. The molecule has 0 radical (unpaired) electrons. The Kier molecular flexibility index (Phi) is 7.02. The third kappa shape index (κ3) is 6.66. The summed E-state index contributed by atoms with van der Waals surface area (Å²) in [7, 11) is 0. The van der Waals surface area contributed by atoms with Crippen LogP contribution in [0.15, 0.2) is 35.2 Å². The van der Waals surface area contributed by atoms with Gasteiger partial charge < -0.3 is 16.4 Å².